The zero-order valence-electron chi connectivity index (χ0n) is 13.0. The Morgan fingerprint density at radius 3 is 2.11 bits per heavy atom. The summed E-state index contributed by atoms with van der Waals surface area (Å²) in [6.45, 7) is 14.6. The molecule has 0 aliphatic carbocycles. The van der Waals surface area contributed by atoms with Gasteiger partial charge in [0.2, 0.25) is 0 Å². The number of nitrogens with zero attached hydrogens (tertiary/aromatic N) is 2. The Labute approximate surface area is 112 Å². The van der Waals surface area contributed by atoms with Gasteiger partial charge in [-0.3, -0.25) is 4.68 Å². The minimum absolute atomic E-state index is 0.374. The monoisotopic (exact) mass is 251 g/mol. The van der Waals surface area contributed by atoms with Crippen LogP contribution in [-0.4, -0.2) is 16.3 Å². The molecule has 1 heterocycles. The summed E-state index contributed by atoms with van der Waals surface area (Å²) in [7, 11) is 1.98. The molecule has 0 aliphatic heterocycles. The van der Waals surface area contributed by atoms with Gasteiger partial charge in [-0.1, -0.05) is 27.7 Å². The highest BCUT2D eigenvalue weighted by atomic mass is 15.3. The molecule has 1 unspecified atom stereocenters. The molecule has 0 fully saturated rings. The van der Waals surface area contributed by atoms with Crippen LogP contribution in [0.25, 0.3) is 0 Å². The summed E-state index contributed by atoms with van der Waals surface area (Å²) in [4.78, 5) is 0. The van der Waals surface area contributed by atoms with Gasteiger partial charge in [0.25, 0.3) is 0 Å². The first-order valence-corrected chi connectivity index (χ1v) is 7.06. The summed E-state index contributed by atoms with van der Waals surface area (Å²) in [5.41, 5.74) is 2.44. The Balaban J connectivity index is 2.60. The largest absolute Gasteiger partial charge is 0.310 e. The van der Waals surface area contributed by atoms with Gasteiger partial charge in [0.1, 0.15) is 0 Å². The van der Waals surface area contributed by atoms with Gasteiger partial charge >= 0.3 is 0 Å². The summed E-state index contributed by atoms with van der Waals surface area (Å²) in [5, 5.41) is 8.07. The van der Waals surface area contributed by atoms with E-state index in [4.69, 9.17) is 0 Å². The summed E-state index contributed by atoms with van der Waals surface area (Å²) in [6, 6.07) is 0.374. The fourth-order valence-electron chi connectivity index (χ4n) is 2.71. The topological polar surface area (TPSA) is 29.9 Å². The standard InChI is InChI=1S/C15H29N3/c1-10(2)14(11(3)4)8-16-12(5)15-9-18(7)17-13(15)6/h9-12,14,16H,8H2,1-7H3. The maximum absolute atomic E-state index is 4.41. The molecule has 0 aromatic carbocycles. The summed E-state index contributed by atoms with van der Waals surface area (Å²) < 4.78 is 1.89. The lowest BCUT2D eigenvalue weighted by Gasteiger charge is -2.27. The zero-order chi connectivity index (χ0) is 13.9. The quantitative estimate of drug-likeness (QED) is 0.840. The van der Waals surface area contributed by atoms with Crippen LogP contribution in [-0.2, 0) is 7.05 Å². The van der Waals surface area contributed by atoms with E-state index >= 15 is 0 Å². The molecule has 1 aromatic heterocycles. The molecule has 3 nitrogen and oxygen atoms in total. The van der Waals surface area contributed by atoms with Crippen LogP contribution < -0.4 is 5.32 Å². The third-order valence-corrected chi connectivity index (χ3v) is 3.89. The van der Waals surface area contributed by atoms with Crippen molar-refractivity contribution in [3.63, 3.8) is 0 Å². The molecule has 1 rings (SSSR count). The van der Waals surface area contributed by atoms with Crippen LogP contribution in [0.3, 0.4) is 0 Å². The lowest BCUT2D eigenvalue weighted by Crippen LogP contribution is -2.31. The first-order chi connectivity index (χ1) is 8.32. The molecular weight excluding hydrogens is 222 g/mol. The minimum Gasteiger partial charge on any atom is -0.310 e. The number of aromatic nitrogens is 2. The number of hydrogen-bond acceptors (Lipinski definition) is 2. The average Bonchev–Trinajstić information content (AvgIpc) is 2.56. The van der Waals surface area contributed by atoms with Crippen molar-refractivity contribution in [2.75, 3.05) is 6.54 Å². The van der Waals surface area contributed by atoms with E-state index in [9.17, 15) is 0 Å². The second-order valence-corrected chi connectivity index (χ2v) is 6.13. The van der Waals surface area contributed by atoms with Crippen LogP contribution in [0.15, 0.2) is 6.20 Å². The van der Waals surface area contributed by atoms with E-state index in [2.05, 4.69) is 58.2 Å². The van der Waals surface area contributed by atoms with E-state index in [0.29, 0.717) is 6.04 Å². The first-order valence-electron chi connectivity index (χ1n) is 7.06. The van der Waals surface area contributed by atoms with Crippen molar-refractivity contribution in [3.8, 4) is 0 Å². The highest BCUT2D eigenvalue weighted by molar-refractivity contribution is 5.19. The molecule has 1 atom stereocenters. The number of rotatable bonds is 6. The van der Waals surface area contributed by atoms with Crippen molar-refractivity contribution in [1.82, 2.24) is 15.1 Å². The third-order valence-electron chi connectivity index (χ3n) is 3.89. The smallest absolute Gasteiger partial charge is 0.0641 e. The summed E-state index contributed by atoms with van der Waals surface area (Å²) in [6.07, 6.45) is 2.12. The lowest BCUT2D eigenvalue weighted by molar-refractivity contribution is 0.268. The van der Waals surface area contributed by atoms with Crippen molar-refractivity contribution in [2.45, 2.75) is 47.6 Å². The molecule has 0 bridgehead atoms. The fraction of sp³-hybridized carbons (Fsp3) is 0.800. The molecule has 1 N–H and O–H groups in total. The van der Waals surface area contributed by atoms with Crippen molar-refractivity contribution < 1.29 is 0 Å². The Bertz CT molecular complexity index is 358. The summed E-state index contributed by atoms with van der Waals surface area (Å²) in [5.74, 6) is 2.17. The normalized spacial score (nSPS) is 13.9. The van der Waals surface area contributed by atoms with Crippen LogP contribution in [0.5, 0.6) is 0 Å². The Hall–Kier alpha value is -0.830. The molecule has 0 saturated heterocycles. The van der Waals surface area contributed by atoms with Gasteiger partial charge < -0.3 is 5.32 Å². The predicted octanol–water partition coefficient (Wildman–Crippen LogP) is 3.31. The summed E-state index contributed by atoms with van der Waals surface area (Å²) >= 11 is 0. The van der Waals surface area contributed by atoms with E-state index in [1.807, 2.05) is 11.7 Å². The lowest BCUT2D eigenvalue weighted by atomic mass is 9.85. The number of hydrogen-bond donors (Lipinski definition) is 1. The maximum atomic E-state index is 4.41. The molecular formula is C15H29N3. The predicted molar refractivity (Wildman–Crippen MR) is 77.5 cm³/mol. The van der Waals surface area contributed by atoms with Crippen LogP contribution in [0, 0.1) is 24.7 Å². The van der Waals surface area contributed by atoms with Gasteiger partial charge in [0, 0.05) is 24.8 Å². The molecule has 3 heteroatoms. The average molecular weight is 251 g/mol. The first kappa shape index (κ1) is 15.2. The highest BCUT2D eigenvalue weighted by Crippen LogP contribution is 2.22. The second kappa shape index (κ2) is 6.37. The Morgan fingerprint density at radius 1 is 1.17 bits per heavy atom. The maximum Gasteiger partial charge on any atom is 0.0641 e. The van der Waals surface area contributed by atoms with Gasteiger partial charge in [-0.15, -0.1) is 0 Å². The van der Waals surface area contributed by atoms with Crippen molar-refractivity contribution >= 4 is 0 Å². The van der Waals surface area contributed by atoms with Crippen LogP contribution in [0.1, 0.15) is 51.9 Å². The molecule has 18 heavy (non-hydrogen) atoms. The number of nitrogens with one attached hydrogen (secondary N) is 1. The SMILES string of the molecule is Cc1nn(C)cc1C(C)NCC(C(C)C)C(C)C. The van der Waals surface area contributed by atoms with Crippen molar-refractivity contribution in [1.29, 1.82) is 0 Å². The van der Waals surface area contributed by atoms with E-state index in [1.54, 1.807) is 0 Å². The van der Waals surface area contributed by atoms with Crippen LogP contribution >= 0.6 is 0 Å². The Morgan fingerprint density at radius 2 is 1.72 bits per heavy atom. The fourth-order valence-corrected chi connectivity index (χ4v) is 2.71. The van der Waals surface area contributed by atoms with Gasteiger partial charge in [-0.2, -0.15) is 5.10 Å². The van der Waals surface area contributed by atoms with E-state index in [0.717, 1.165) is 30.0 Å². The molecule has 0 amide bonds. The van der Waals surface area contributed by atoms with E-state index < -0.39 is 0 Å². The van der Waals surface area contributed by atoms with Gasteiger partial charge in [-0.25, -0.2) is 0 Å². The molecule has 0 saturated carbocycles. The van der Waals surface area contributed by atoms with Gasteiger partial charge in [-0.05, 0) is 38.1 Å². The van der Waals surface area contributed by atoms with Gasteiger partial charge in [0.05, 0.1) is 5.69 Å². The Kier molecular flexibility index (Phi) is 5.39. The molecule has 104 valence electrons. The van der Waals surface area contributed by atoms with E-state index in [1.165, 1.54) is 5.56 Å². The van der Waals surface area contributed by atoms with Crippen molar-refractivity contribution in [3.05, 3.63) is 17.5 Å². The van der Waals surface area contributed by atoms with E-state index in [-0.39, 0.29) is 0 Å². The van der Waals surface area contributed by atoms with Crippen LogP contribution in [0.2, 0.25) is 0 Å². The minimum atomic E-state index is 0.374. The number of aryl methyl sites for hydroxylation is 2. The molecule has 1 aromatic rings. The van der Waals surface area contributed by atoms with Gasteiger partial charge in [0.15, 0.2) is 0 Å². The second-order valence-electron chi connectivity index (χ2n) is 6.13. The molecule has 0 aliphatic rings. The zero-order valence-corrected chi connectivity index (χ0v) is 13.0. The molecule has 0 radical (unpaired) electrons. The molecule has 0 spiro atoms. The third kappa shape index (κ3) is 3.84. The van der Waals surface area contributed by atoms with Crippen molar-refractivity contribution in [2.24, 2.45) is 24.8 Å². The van der Waals surface area contributed by atoms with Crippen LogP contribution in [0.4, 0.5) is 0 Å². The highest BCUT2D eigenvalue weighted by Gasteiger charge is 2.19.